The van der Waals surface area contributed by atoms with Crippen molar-refractivity contribution in [2.75, 3.05) is 79.3 Å². The molecule has 45 heavy (non-hydrogen) atoms. The molecule has 1 heterocycles. The monoisotopic (exact) mass is 665 g/mol. The summed E-state index contributed by atoms with van der Waals surface area (Å²) in [5, 5.41) is 30.8. The average Bonchev–Trinajstić information content (AvgIpc) is 3.48. The first kappa shape index (κ1) is 42.3. The molecule has 0 saturated heterocycles. The lowest BCUT2D eigenvalue weighted by atomic mass is 9.83. The van der Waals surface area contributed by atoms with E-state index in [4.69, 9.17) is 44.0 Å². The van der Waals surface area contributed by atoms with Gasteiger partial charge in [-0.25, -0.2) is 0 Å². The molecular formula is C33H63NO10S. The maximum atomic E-state index is 10.1. The van der Waals surface area contributed by atoms with Crippen molar-refractivity contribution < 1.29 is 48.5 Å². The Bertz CT molecular complexity index is 851. The van der Waals surface area contributed by atoms with Crippen molar-refractivity contribution in [2.24, 2.45) is 11.1 Å². The van der Waals surface area contributed by atoms with Gasteiger partial charge < -0.3 is 54.2 Å². The number of hydrogen-bond acceptors (Lipinski definition) is 12. The van der Waals surface area contributed by atoms with Gasteiger partial charge in [-0.1, -0.05) is 19.9 Å². The molecule has 11 nitrogen and oxygen atoms in total. The molecule has 0 aromatic carbocycles. The standard InChI is InChI=1S/C33H63NO10S/c1-30(2,26-44-32(5,6)12-17-40-24-27(36)22-38-15-9-14-35)33(7,34)43-18-13-31(3,4)42-20-19-41-25-28(37)23-39-16-11-29-10-8-21-45-29/h8,10,21,27-28,35-37H,9,11-20,22-26,34H2,1-7H3. The topological polar surface area (TPSA) is 151 Å². The number of rotatable bonds is 29. The van der Waals surface area contributed by atoms with Crippen molar-refractivity contribution in [2.45, 2.75) is 103 Å². The van der Waals surface area contributed by atoms with Gasteiger partial charge in [0.2, 0.25) is 0 Å². The second-order valence-electron chi connectivity index (χ2n) is 13.5. The third-order valence-corrected chi connectivity index (χ3v) is 8.54. The Morgan fingerprint density at radius 2 is 1.27 bits per heavy atom. The van der Waals surface area contributed by atoms with Crippen LogP contribution in [0.3, 0.4) is 0 Å². The molecule has 0 amide bonds. The van der Waals surface area contributed by atoms with Crippen molar-refractivity contribution in [3.05, 3.63) is 22.4 Å². The van der Waals surface area contributed by atoms with Gasteiger partial charge in [-0.05, 0) is 65.3 Å². The molecule has 0 aliphatic carbocycles. The highest BCUT2D eigenvalue weighted by atomic mass is 32.1. The smallest absolute Gasteiger partial charge is 0.121 e. The Labute approximate surface area is 275 Å². The molecule has 1 aromatic heterocycles. The Morgan fingerprint density at radius 1 is 0.711 bits per heavy atom. The molecule has 0 radical (unpaired) electrons. The van der Waals surface area contributed by atoms with Gasteiger partial charge in [0.25, 0.3) is 0 Å². The summed E-state index contributed by atoms with van der Waals surface area (Å²) in [5.41, 5.74) is 4.30. The van der Waals surface area contributed by atoms with Gasteiger partial charge in [-0.15, -0.1) is 11.3 Å². The quantitative estimate of drug-likeness (QED) is 0.0735. The van der Waals surface area contributed by atoms with Gasteiger partial charge >= 0.3 is 0 Å². The Kier molecular flexibility index (Phi) is 20.7. The number of hydrogen-bond donors (Lipinski definition) is 4. The first-order valence-electron chi connectivity index (χ1n) is 16.1. The van der Waals surface area contributed by atoms with Crippen LogP contribution in [0.15, 0.2) is 17.5 Å². The molecule has 0 spiro atoms. The van der Waals surface area contributed by atoms with E-state index in [1.807, 2.05) is 59.9 Å². The number of ether oxygens (including phenoxy) is 7. The second-order valence-corrected chi connectivity index (χ2v) is 14.5. The summed E-state index contributed by atoms with van der Waals surface area (Å²) in [6.07, 6.45) is 1.30. The molecule has 12 heteroatoms. The highest BCUT2D eigenvalue weighted by Crippen LogP contribution is 2.33. The Hall–Kier alpha value is -0.740. The zero-order valence-electron chi connectivity index (χ0n) is 28.9. The molecule has 0 aliphatic heterocycles. The third kappa shape index (κ3) is 20.3. The van der Waals surface area contributed by atoms with Gasteiger partial charge in [0.1, 0.15) is 17.9 Å². The molecule has 0 fully saturated rings. The fraction of sp³-hybridized carbons (Fsp3) is 0.879. The van der Waals surface area contributed by atoms with E-state index >= 15 is 0 Å². The SMILES string of the molecule is CC(C)(CCOC(C)(N)C(C)(C)COC(C)(C)CCOCC(O)COCCCO)OCCOCC(O)COCCc1cccs1. The van der Waals surface area contributed by atoms with Crippen LogP contribution in [0.5, 0.6) is 0 Å². The molecule has 0 bridgehead atoms. The zero-order chi connectivity index (χ0) is 33.8. The lowest BCUT2D eigenvalue weighted by Crippen LogP contribution is -2.55. The summed E-state index contributed by atoms with van der Waals surface area (Å²) in [5.74, 6) is 0. The van der Waals surface area contributed by atoms with Gasteiger partial charge in [0.05, 0.1) is 70.7 Å². The summed E-state index contributed by atoms with van der Waals surface area (Å²) in [6.45, 7) is 17.8. The van der Waals surface area contributed by atoms with Crippen LogP contribution < -0.4 is 5.73 Å². The van der Waals surface area contributed by atoms with Crippen LogP contribution in [0.4, 0.5) is 0 Å². The number of nitrogens with two attached hydrogens (primary N) is 1. The second kappa shape index (κ2) is 22.0. The average molecular weight is 666 g/mol. The van der Waals surface area contributed by atoms with E-state index in [-0.39, 0.29) is 33.0 Å². The van der Waals surface area contributed by atoms with Crippen LogP contribution in [0.1, 0.15) is 72.6 Å². The van der Waals surface area contributed by atoms with E-state index in [0.717, 1.165) is 6.42 Å². The number of aliphatic hydroxyl groups excluding tert-OH is 3. The van der Waals surface area contributed by atoms with Crippen LogP contribution >= 0.6 is 11.3 Å². The lowest BCUT2D eigenvalue weighted by molar-refractivity contribution is -0.165. The first-order valence-corrected chi connectivity index (χ1v) is 17.0. The Balaban J connectivity index is 2.22. The highest BCUT2D eigenvalue weighted by molar-refractivity contribution is 7.09. The molecule has 3 unspecified atom stereocenters. The van der Waals surface area contributed by atoms with E-state index in [1.165, 1.54) is 4.88 Å². The van der Waals surface area contributed by atoms with Crippen molar-refractivity contribution in [3.8, 4) is 0 Å². The molecular weight excluding hydrogens is 602 g/mol. The largest absolute Gasteiger partial charge is 0.396 e. The van der Waals surface area contributed by atoms with Gasteiger partial charge in [-0.3, -0.25) is 0 Å². The fourth-order valence-corrected chi connectivity index (χ4v) is 4.52. The zero-order valence-corrected chi connectivity index (χ0v) is 29.7. The third-order valence-electron chi connectivity index (χ3n) is 7.60. The van der Waals surface area contributed by atoms with Crippen LogP contribution in [0.25, 0.3) is 0 Å². The maximum absolute atomic E-state index is 10.1. The summed E-state index contributed by atoms with van der Waals surface area (Å²) in [7, 11) is 0. The highest BCUT2D eigenvalue weighted by Gasteiger charge is 2.40. The summed E-state index contributed by atoms with van der Waals surface area (Å²) < 4.78 is 40.4. The minimum absolute atomic E-state index is 0.0694. The van der Waals surface area contributed by atoms with E-state index < -0.39 is 34.6 Å². The summed E-state index contributed by atoms with van der Waals surface area (Å²) in [6, 6.07) is 4.10. The molecule has 1 aromatic rings. The minimum Gasteiger partial charge on any atom is -0.396 e. The number of thiophene rings is 1. The fourth-order valence-electron chi connectivity index (χ4n) is 3.83. The van der Waals surface area contributed by atoms with Crippen molar-refractivity contribution >= 4 is 11.3 Å². The van der Waals surface area contributed by atoms with E-state index in [0.29, 0.717) is 65.5 Å². The van der Waals surface area contributed by atoms with Crippen LogP contribution in [0.2, 0.25) is 0 Å². The molecule has 0 saturated carbocycles. The molecule has 0 aliphatic rings. The van der Waals surface area contributed by atoms with E-state index in [1.54, 1.807) is 11.3 Å². The lowest BCUT2D eigenvalue weighted by Gasteiger charge is -2.43. The van der Waals surface area contributed by atoms with Gasteiger partial charge in [0.15, 0.2) is 0 Å². The van der Waals surface area contributed by atoms with Crippen LogP contribution in [-0.2, 0) is 39.6 Å². The molecule has 1 rings (SSSR count). The molecule has 5 N–H and O–H groups in total. The van der Waals surface area contributed by atoms with Gasteiger partial charge in [-0.2, -0.15) is 0 Å². The van der Waals surface area contributed by atoms with Crippen LogP contribution in [0, 0.1) is 5.41 Å². The molecule has 266 valence electrons. The first-order chi connectivity index (χ1) is 21.1. The summed E-state index contributed by atoms with van der Waals surface area (Å²) in [4.78, 5) is 1.27. The van der Waals surface area contributed by atoms with Crippen molar-refractivity contribution in [3.63, 3.8) is 0 Å². The normalized spacial score (nSPS) is 15.7. The summed E-state index contributed by atoms with van der Waals surface area (Å²) >= 11 is 1.70. The Morgan fingerprint density at radius 3 is 1.87 bits per heavy atom. The maximum Gasteiger partial charge on any atom is 0.121 e. The number of aliphatic hydroxyl groups is 3. The predicted octanol–water partition coefficient (Wildman–Crippen LogP) is 3.55. The van der Waals surface area contributed by atoms with E-state index in [9.17, 15) is 10.2 Å². The van der Waals surface area contributed by atoms with Gasteiger partial charge in [0, 0.05) is 36.5 Å². The van der Waals surface area contributed by atoms with E-state index in [2.05, 4.69) is 6.07 Å². The minimum atomic E-state index is -0.944. The molecule has 3 atom stereocenters. The predicted molar refractivity (Wildman–Crippen MR) is 177 cm³/mol. The van der Waals surface area contributed by atoms with Crippen molar-refractivity contribution in [1.82, 2.24) is 0 Å². The van der Waals surface area contributed by atoms with Crippen molar-refractivity contribution in [1.29, 1.82) is 0 Å². The van der Waals surface area contributed by atoms with Crippen LogP contribution in [-0.4, -0.2) is 124 Å².